The van der Waals surface area contributed by atoms with Gasteiger partial charge in [0.15, 0.2) is 0 Å². The Bertz CT molecular complexity index is 522. The van der Waals surface area contributed by atoms with E-state index in [-0.39, 0.29) is 6.10 Å². The fraction of sp³-hybridized carbons (Fsp3) is 0.455. The van der Waals surface area contributed by atoms with E-state index in [2.05, 4.69) is 14.5 Å². The first-order valence-electron chi connectivity index (χ1n) is 5.50. The number of aliphatic hydroxyl groups excluding tert-OH is 1. The molecule has 0 aromatic carbocycles. The molecule has 0 amide bonds. The zero-order valence-electron chi connectivity index (χ0n) is 8.87. The van der Waals surface area contributed by atoms with E-state index in [1.54, 1.807) is 6.20 Å². The van der Waals surface area contributed by atoms with Crippen LogP contribution in [0.1, 0.15) is 25.3 Å². The highest BCUT2D eigenvalue weighted by Gasteiger charge is 2.25. The molecule has 1 aliphatic carbocycles. The molecule has 1 fully saturated rings. The Morgan fingerprint density at radius 3 is 3.00 bits per heavy atom. The molecule has 2 heterocycles. The number of nitrogen functional groups attached to an aromatic ring is 1. The number of aliphatic hydroxyl groups is 1. The fourth-order valence-electron chi connectivity index (χ4n) is 2.42. The number of fused-ring (bicyclic) bond motifs is 1. The number of nitrogens with zero attached hydrogens (tertiary/aromatic N) is 3. The van der Waals surface area contributed by atoms with Gasteiger partial charge in [-0.1, -0.05) is 0 Å². The predicted molar refractivity (Wildman–Crippen MR) is 60.8 cm³/mol. The van der Waals surface area contributed by atoms with Crippen molar-refractivity contribution in [1.29, 1.82) is 0 Å². The quantitative estimate of drug-likeness (QED) is 0.751. The molecule has 3 N–H and O–H groups in total. The van der Waals surface area contributed by atoms with Crippen molar-refractivity contribution < 1.29 is 5.11 Å². The highest BCUT2D eigenvalue weighted by molar-refractivity contribution is 5.76. The van der Waals surface area contributed by atoms with E-state index in [0.717, 1.165) is 30.3 Å². The molecule has 3 rings (SSSR count). The maximum atomic E-state index is 9.55. The summed E-state index contributed by atoms with van der Waals surface area (Å²) < 4.78 is 2.10. The topological polar surface area (TPSA) is 77.0 Å². The third kappa shape index (κ3) is 1.44. The third-order valence-electron chi connectivity index (χ3n) is 3.25. The lowest BCUT2D eigenvalue weighted by Gasteiger charge is -2.12. The van der Waals surface area contributed by atoms with Gasteiger partial charge in [0.25, 0.3) is 0 Å². The predicted octanol–water partition coefficient (Wildman–Crippen LogP) is 1.10. The lowest BCUT2D eigenvalue weighted by atomic mass is 10.2. The monoisotopic (exact) mass is 218 g/mol. The van der Waals surface area contributed by atoms with Gasteiger partial charge in [-0.05, 0) is 19.3 Å². The van der Waals surface area contributed by atoms with Gasteiger partial charge in [0.2, 0.25) is 0 Å². The standard InChI is InChI=1S/C11H14N4O/c12-11-4-10-9(5-13-11)14-6-15(10)7-1-2-8(16)3-7/h4-8,16H,1-3H2,(H2,12,13). The Kier molecular flexibility index (Phi) is 2.07. The van der Waals surface area contributed by atoms with Crippen molar-refractivity contribution >= 4 is 16.9 Å². The van der Waals surface area contributed by atoms with Crippen LogP contribution in [0.2, 0.25) is 0 Å². The van der Waals surface area contributed by atoms with E-state index in [0.29, 0.717) is 11.9 Å². The Morgan fingerprint density at radius 1 is 1.38 bits per heavy atom. The summed E-state index contributed by atoms with van der Waals surface area (Å²) in [5, 5.41) is 9.55. The van der Waals surface area contributed by atoms with Crippen LogP contribution in [0.4, 0.5) is 5.82 Å². The number of nitrogens with two attached hydrogens (primary N) is 1. The molecule has 84 valence electrons. The van der Waals surface area contributed by atoms with Crippen LogP contribution in [0.15, 0.2) is 18.6 Å². The summed E-state index contributed by atoms with van der Waals surface area (Å²) in [4.78, 5) is 8.31. The van der Waals surface area contributed by atoms with Crippen molar-refractivity contribution in [2.45, 2.75) is 31.4 Å². The number of hydrogen-bond donors (Lipinski definition) is 2. The van der Waals surface area contributed by atoms with Crippen molar-refractivity contribution in [1.82, 2.24) is 14.5 Å². The van der Waals surface area contributed by atoms with E-state index < -0.39 is 0 Å². The smallest absolute Gasteiger partial charge is 0.125 e. The van der Waals surface area contributed by atoms with Gasteiger partial charge in [0, 0.05) is 12.1 Å². The van der Waals surface area contributed by atoms with Crippen molar-refractivity contribution in [2.75, 3.05) is 5.73 Å². The van der Waals surface area contributed by atoms with Crippen LogP contribution in [0.3, 0.4) is 0 Å². The minimum Gasteiger partial charge on any atom is -0.393 e. The molecule has 16 heavy (non-hydrogen) atoms. The van der Waals surface area contributed by atoms with Crippen LogP contribution in [0.5, 0.6) is 0 Å². The lowest BCUT2D eigenvalue weighted by Crippen LogP contribution is -2.06. The molecular weight excluding hydrogens is 204 g/mol. The number of anilines is 1. The number of imidazole rings is 1. The van der Waals surface area contributed by atoms with Crippen molar-refractivity contribution in [3.8, 4) is 0 Å². The molecule has 1 aliphatic rings. The second-order valence-corrected chi connectivity index (χ2v) is 4.37. The average molecular weight is 218 g/mol. The summed E-state index contributed by atoms with van der Waals surface area (Å²) in [5.74, 6) is 0.507. The number of rotatable bonds is 1. The van der Waals surface area contributed by atoms with Crippen LogP contribution in [0.25, 0.3) is 11.0 Å². The van der Waals surface area contributed by atoms with Crippen molar-refractivity contribution in [2.24, 2.45) is 0 Å². The number of aromatic nitrogens is 3. The van der Waals surface area contributed by atoms with Gasteiger partial charge in [-0.3, -0.25) is 0 Å². The molecule has 5 nitrogen and oxygen atoms in total. The van der Waals surface area contributed by atoms with Crippen LogP contribution >= 0.6 is 0 Å². The summed E-state index contributed by atoms with van der Waals surface area (Å²) in [5.41, 5.74) is 7.54. The second-order valence-electron chi connectivity index (χ2n) is 4.37. The van der Waals surface area contributed by atoms with E-state index in [1.807, 2.05) is 12.4 Å². The second kappa shape index (κ2) is 3.45. The highest BCUT2D eigenvalue weighted by atomic mass is 16.3. The van der Waals surface area contributed by atoms with E-state index in [9.17, 15) is 5.11 Å². The van der Waals surface area contributed by atoms with E-state index in [4.69, 9.17) is 5.73 Å². The maximum absolute atomic E-state index is 9.55. The van der Waals surface area contributed by atoms with E-state index >= 15 is 0 Å². The minimum atomic E-state index is -0.179. The Balaban J connectivity index is 2.06. The molecule has 2 aromatic rings. The van der Waals surface area contributed by atoms with Crippen molar-refractivity contribution in [3.63, 3.8) is 0 Å². The minimum absolute atomic E-state index is 0.179. The van der Waals surface area contributed by atoms with Crippen LogP contribution in [0, 0.1) is 0 Å². The average Bonchev–Trinajstić information content (AvgIpc) is 2.83. The van der Waals surface area contributed by atoms with Crippen molar-refractivity contribution in [3.05, 3.63) is 18.6 Å². The molecule has 0 spiro atoms. The molecule has 5 heteroatoms. The summed E-state index contributed by atoms with van der Waals surface area (Å²) in [7, 11) is 0. The van der Waals surface area contributed by atoms with Gasteiger partial charge in [0.05, 0.1) is 24.1 Å². The molecule has 0 aliphatic heterocycles. The zero-order valence-corrected chi connectivity index (χ0v) is 8.87. The molecule has 2 atom stereocenters. The fourth-order valence-corrected chi connectivity index (χ4v) is 2.42. The lowest BCUT2D eigenvalue weighted by molar-refractivity contribution is 0.178. The summed E-state index contributed by atoms with van der Waals surface area (Å²) in [6.45, 7) is 0. The Hall–Kier alpha value is -1.62. The van der Waals surface area contributed by atoms with Gasteiger partial charge in [-0.15, -0.1) is 0 Å². The van der Waals surface area contributed by atoms with E-state index in [1.165, 1.54) is 0 Å². The summed E-state index contributed by atoms with van der Waals surface area (Å²) >= 11 is 0. The maximum Gasteiger partial charge on any atom is 0.125 e. The van der Waals surface area contributed by atoms with Gasteiger partial charge < -0.3 is 15.4 Å². The molecule has 2 unspecified atom stereocenters. The van der Waals surface area contributed by atoms with Crippen LogP contribution in [-0.4, -0.2) is 25.7 Å². The summed E-state index contributed by atoms with van der Waals surface area (Å²) in [6, 6.07) is 2.18. The molecule has 0 radical (unpaired) electrons. The molecule has 0 bridgehead atoms. The first-order valence-corrected chi connectivity index (χ1v) is 5.50. The Labute approximate surface area is 92.9 Å². The molecule has 2 aromatic heterocycles. The largest absolute Gasteiger partial charge is 0.393 e. The summed E-state index contributed by atoms with van der Waals surface area (Å²) in [6.07, 6.45) is 5.98. The normalized spacial score (nSPS) is 25.3. The molecule has 1 saturated carbocycles. The van der Waals surface area contributed by atoms with Gasteiger partial charge >= 0.3 is 0 Å². The van der Waals surface area contributed by atoms with Gasteiger partial charge in [0.1, 0.15) is 11.3 Å². The first-order chi connectivity index (χ1) is 7.74. The highest BCUT2D eigenvalue weighted by Crippen LogP contribution is 2.32. The van der Waals surface area contributed by atoms with Gasteiger partial charge in [-0.2, -0.15) is 0 Å². The first kappa shape index (κ1) is 9.59. The third-order valence-corrected chi connectivity index (χ3v) is 3.25. The SMILES string of the molecule is Nc1cc2c(cn1)ncn2C1CCC(O)C1. The van der Waals surface area contributed by atoms with Crippen LogP contribution < -0.4 is 5.73 Å². The van der Waals surface area contributed by atoms with Gasteiger partial charge in [-0.25, -0.2) is 9.97 Å². The molecule has 0 saturated heterocycles. The van der Waals surface area contributed by atoms with Crippen LogP contribution in [-0.2, 0) is 0 Å². The Morgan fingerprint density at radius 2 is 2.25 bits per heavy atom. The zero-order chi connectivity index (χ0) is 11.1. The molecular formula is C11H14N4O. The number of hydrogen-bond acceptors (Lipinski definition) is 4. The number of pyridine rings is 1.